The van der Waals surface area contributed by atoms with E-state index in [9.17, 15) is 24.4 Å². The van der Waals surface area contributed by atoms with Gasteiger partial charge in [0.2, 0.25) is 0 Å². The molecule has 0 saturated carbocycles. The molecule has 2 unspecified atom stereocenters. The van der Waals surface area contributed by atoms with Crippen molar-refractivity contribution in [1.82, 2.24) is 0 Å². The molecule has 2 atom stereocenters. The van der Waals surface area contributed by atoms with E-state index in [0.29, 0.717) is 79.9 Å². The summed E-state index contributed by atoms with van der Waals surface area (Å²) < 4.78 is 10.7. The summed E-state index contributed by atoms with van der Waals surface area (Å²) in [5.41, 5.74) is 1.96. The monoisotopic (exact) mass is 487 g/mol. The zero-order valence-electron chi connectivity index (χ0n) is 20.2. The fourth-order valence-corrected chi connectivity index (χ4v) is 5.94. The number of fused-ring (bicyclic) bond motifs is 2. The topological polar surface area (TPSA) is 111 Å². The van der Waals surface area contributed by atoms with Gasteiger partial charge in [-0.05, 0) is 42.9 Å². The van der Waals surface area contributed by atoms with Crippen LogP contribution in [0.1, 0.15) is 58.4 Å². The summed E-state index contributed by atoms with van der Waals surface area (Å²) in [6, 6.07) is 7.17. The minimum atomic E-state index is -0.828. The Balaban J connectivity index is 1.47. The third kappa shape index (κ3) is 4.63. The molecule has 2 saturated heterocycles. The third-order valence-corrected chi connectivity index (χ3v) is 7.93. The first-order valence-corrected chi connectivity index (χ1v) is 12.7. The fraction of sp³-hybridized carbons (Fsp3) is 0.483. The molecule has 2 fully saturated rings. The number of ketones is 4. The zero-order valence-corrected chi connectivity index (χ0v) is 20.2. The van der Waals surface area contributed by atoms with Gasteiger partial charge in [0, 0.05) is 67.8 Å². The van der Waals surface area contributed by atoms with Crippen LogP contribution in [0.2, 0.25) is 0 Å². The van der Waals surface area contributed by atoms with Crippen molar-refractivity contribution in [2.24, 2.45) is 23.7 Å². The molecule has 0 bridgehead atoms. The Morgan fingerprint density at radius 2 is 1.50 bits per heavy atom. The smallest absolute Gasteiger partial charge is 0.172 e. The Morgan fingerprint density at radius 3 is 2.11 bits per heavy atom. The molecule has 0 N–H and O–H groups in total. The average Bonchev–Trinajstić information content (AvgIpc) is 2.92. The Hall–Kier alpha value is -3.21. The van der Waals surface area contributed by atoms with E-state index in [0.717, 1.165) is 0 Å². The predicted molar refractivity (Wildman–Crippen MR) is 129 cm³/mol. The number of hydrogen-bond donors (Lipinski definition) is 0. The van der Waals surface area contributed by atoms with E-state index in [4.69, 9.17) is 9.47 Å². The van der Waals surface area contributed by atoms with Crippen LogP contribution in [-0.4, -0.2) is 49.6 Å². The number of nitrogens with zero attached hydrogens (tertiary/aromatic N) is 1. The second kappa shape index (κ2) is 10.4. The maximum absolute atomic E-state index is 14.0. The number of nitriles is 1. The van der Waals surface area contributed by atoms with Crippen molar-refractivity contribution < 1.29 is 28.7 Å². The zero-order chi connectivity index (χ0) is 25.2. The highest BCUT2D eigenvalue weighted by Crippen LogP contribution is 2.42. The quantitative estimate of drug-likeness (QED) is 0.603. The van der Waals surface area contributed by atoms with Crippen molar-refractivity contribution >= 4 is 23.1 Å². The number of allylic oxidation sites excluding steroid dienone is 4. The third-order valence-electron chi connectivity index (χ3n) is 7.93. The highest BCUT2D eigenvalue weighted by atomic mass is 16.5. The molecule has 0 radical (unpaired) electrons. The number of carbonyl (C=O) groups is 4. The minimum absolute atomic E-state index is 0.0107. The van der Waals surface area contributed by atoms with E-state index >= 15 is 0 Å². The summed E-state index contributed by atoms with van der Waals surface area (Å²) >= 11 is 0. The van der Waals surface area contributed by atoms with Gasteiger partial charge in [0.1, 0.15) is 11.6 Å². The van der Waals surface area contributed by atoms with Crippen LogP contribution in [0.15, 0.2) is 41.5 Å². The lowest BCUT2D eigenvalue weighted by atomic mass is 9.65. The molecule has 1 aromatic rings. The van der Waals surface area contributed by atoms with Crippen LogP contribution >= 0.6 is 0 Å². The summed E-state index contributed by atoms with van der Waals surface area (Å²) in [5.74, 6) is -2.33. The standard InChI is InChI=1S/C29H29NO6/c30-16-17-12-21(15-25(32)19-6-10-36-11-7-19)27-23(13-17)28(33)22-3-1-2-20(26(22)29(27)34)14-24(31)18-4-8-35-9-5-18/h1-3,12-13,18-19,23,27H,4-11,14-15H2. The predicted octanol–water partition coefficient (Wildman–Crippen LogP) is 3.61. The van der Waals surface area contributed by atoms with Crippen LogP contribution in [0.3, 0.4) is 0 Å². The molecule has 7 nitrogen and oxygen atoms in total. The molecule has 0 aromatic heterocycles. The van der Waals surface area contributed by atoms with Gasteiger partial charge in [0.05, 0.1) is 17.9 Å². The number of rotatable bonds is 6. The Morgan fingerprint density at radius 1 is 0.889 bits per heavy atom. The lowest BCUT2D eigenvalue weighted by Crippen LogP contribution is -2.40. The van der Waals surface area contributed by atoms with Gasteiger partial charge < -0.3 is 9.47 Å². The summed E-state index contributed by atoms with van der Waals surface area (Å²) in [7, 11) is 0. The summed E-state index contributed by atoms with van der Waals surface area (Å²) in [6.07, 6.45) is 5.86. The Bertz CT molecular complexity index is 1210. The molecule has 5 rings (SSSR count). The number of carbonyl (C=O) groups excluding carboxylic acids is 4. The first-order chi connectivity index (χ1) is 17.5. The van der Waals surface area contributed by atoms with Gasteiger partial charge in [-0.3, -0.25) is 19.2 Å². The number of ether oxygens (including phenoxy) is 2. The van der Waals surface area contributed by atoms with Crippen LogP contribution in [-0.2, 0) is 25.5 Å². The van der Waals surface area contributed by atoms with Gasteiger partial charge in [-0.15, -0.1) is 0 Å². The van der Waals surface area contributed by atoms with Gasteiger partial charge in [-0.2, -0.15) is 5.26 Å². The molecule has 186 valence electrons. The molecule has 2 aliphatic heterocycles. The molecule has 2 heterocycles. The molecule has 2 aliphatic carbocycles. The van der Waals surface area contributed by atoms with Gasteiger partial charge >= 0.3 is 0 Å². The normalized spacial score (nSPS) is 24.8. The number of Topliss-reactive ketones (excluding diaryl/α,β-unsaturated/α-hetero) is 4. The lowest BCUT2D eigenvalue weighted by Gasteiger charge is -2.34. The van der Waals surface area contributed by atoms with E-state index < -0.39 is 11.8 Å². The van der Waals surface area contributed by atoms with E-state index in [1.54, 1.807) is 30.4 Å². The van der Waals surface area contributed by atoms with Crippen molar-refractivity contribution in [3.63, 3.8) is 0 Å². The average molecular weight is 488 g/mol. The van der Waals surface area contributed by atoms with Gasteiger partial charge in [-0.25, -0.2) is 0 Å². The molecule has 0 amide bonds. The summed E-state index contributed by atoms with van der Waals surface area (Å²) in [5, 5.41) is 9.59. The second-order valence-corrected chi connectivity index (χ2v) is 10.1. The lowest BCUT2D eigenvalue weighted by molar-refractivity contribution is -0.125. The summed E-state index contributed by atoms with van der Waals surface area (Å²) in [4.78, 5) is 53.7. The van der Waals surface area contributed by atoms with Crippen LogP contribution in [0.25, 0.3) is 0 Å². The van der Waals surface area contributed by atoms with E-state index in [-0.39, 0.29) is 47.8 Å². The SMILES string of the molecule is N#CC1=CC2C(=O)c3cccc(CC(=O)C4CCOCC4)c3C(=O)C2C(CC(=O)C2CCOCC2)=C1. The van der Waals surface area contributed by atoms with Crippen molar-refractivity contribution in [3.05, 3.63) is 58.2 Å². The second-order valence-electron chi connectivity index (χ2n) is 10.1. The molecule has 7 heteroatoms. The summed E-state index contributed by atoms with van der Waals surface area (Å²) in [6.45, 7) is 2.15. The fourth-order valence-electron chi connectivity index (χ4n) is 5.94. The van der Waals surface area contributed by atoms with Crippen LogP contribution in [0.5, 0.6) is 0 Å². The van der Waals surface area contributed by atoms with Crippen molar-refractivity contribution in [2.45, 2.75) is 38.5 Å². The molecule has 36 heavy (non-hydrogen) atoms. The minimum Gasteiger partial charge on any atom is -0.381 e. The maximum atomic E-state index is 14.0. The highest BCUT2D eigenvalue weighted by Gasteiger charge is 2.45. The number of hydrogen-bond acceptors (Lipinski definition) is 7. The molecular formula is C29H29NO6. The highest BCUT2D eigenvalue weighted by molar-refractivity contribution is 6.19. The largest absolute Gasteiger partial charge is 0.381 e. The van der Waals surface area contributed by atoms with Crippen LogP contribution in [0, 0.1) is 35.0 Å². The van der Waals surface area contributed by atoms with Crippen LogP contribution < -0.4 is 0 Å². The first-order valence-electron chi connectivity index (χ1n) is 12.7. The Kier molecular flexibility index (Phi) is 7.08. The number of benzene rings is 1. The molecule has 0 spiro atoms. The Labute approximate surface area is 210 Å². The van der Waals surface area contributed by atoms with Gasteiger partial charge in [-0.1, -0.05) is 24.3 Å². The van der Waals surface area contributed by atoms with Crippen molar-refractivity contribution in [2.75, 3.05) is 26.4 Å². The maximum Gasteiger partial charge on any atom is 0.172 e. The first kappa shape index (κ1) is 24.5. The van der Waals surface area contributed by atoms with E-state index in [1.807, 2.05) is 0 Å². The molecule has 1 aromatic carbocycles. The van der Waals surface area contributed by atoms with Crippen LogP contribution in [0.4, 0.5) is 0 Å². The van der Waals surface area contributed by atoms with Crippen molar-refractivity contribution in [3.8, 4) is 6.07 Å². The van der Waals surface area contributed by atoms with E-state index in [2.05, 4.69) is 6.07 Å². The molecular weight excluding hydrogens is 458 g/mol. The van der Waals surface area contributed by atoms with Gasteiger partial charge in [0.15, 0.2) is 11.6 Å². The van der Waals surface area contributed by atoms with E-state index in [1.165, 1.54) is 0 Å². The van der Waals surface area contributed by atoms with Gasteiger partial charge in [0.25, 0.3) is 0 Å². The molecule has 4 aliphatic rings. The van der Waals surface area contributed by atoms with Crippen molar-refractivity contribution in [1.29, 1.82) is 5.26 Å².